The first kappa shape index (κ1) is 15.0. The molecule has 0 aliphatic heterocycles. The van der Waals surface area contributed by atoms with Crippen LogP contribution in [0.4, 0.5) is 5.69 Å². The second-order valence-electron chi connectivity index (χ2n) is 4.68. The van der Waals surface area contributed by atoms with Crippen LogP contribution in [-0.2, 0) is 4.79 Å². The van der Waals surface area contributed by atoms with Gasteiger partial charge < -0.3 is 10.6 Å². The van der Waals surface area contributed by atoms with Gasteiger partial charge in [0.25, 0.3) is 0 Å². The third-order valence-electron chi connectivity index (χ3n) is 3.34. The first-order valence-electron chi connectivity index (χ1n) is 6.29. The first-order chi connectivity index (χ1) is 8.49. The van der Waals surface area contributed by atoms with Crippen LogP contribution >= 0.6 is 11.6 Å². The predicted molar refractivity (Wildman–Crippen MR) is 77.1 cm³/mol. The Balaban J connectivity index is 2.47. The van der Waals surface area contributed by atoms with E-state index in [1.807, 2.05) is 12.1 Å². The van der Waals surface area contributed by atoms with E-state index in [0.717, 1.165) is 18.5 Å². The number of anilines is 1. The molecule has 1 aromatic carbocycles. The van der Waals surface area contributed by atoms with Crippen molar-refractivity contribution in [2.75, 3.05) is 11.9 Å². The fourth-order valence-corrected chi connectivity index (χ4v) is 1.76. The van der Waals surface area contributed by atoms with Crippen LogP contribution in [0, 0.1) is 0 Å². The van der Waals surface area contributed by atoms with Gasteiger partial charge in [-0.05, 0) is 38.0 Å². The van der Waals surface area contributed by atoms with E-state index in [-0.39, 0.29) is 11.4 Å². The molecule has 100 valence electrons. The Kier molecular flexibility index (Phi) is 5.63. The van der Waals surface area contributed by atoms with E-state index in [2.05, 4.69) is 31.4 Å². The second kappa shape index (κ2) is 6.76. The molecule has 1 amide bonds. The van der Waals surface area contributed by atoms with Crippen molar-refractivity contribution in [3.05, 3.63) is 29.3 Å². The fourth-order valence-electron chi connectivity index (χ4n) is 1.57. The molecule has 0 saturated heterocycles. The maximum atomic E-state index is 11.8. The van der Waals surface area contributed by atoms with E-state index in [4.69, 9.17) is 11.6 Å². The molecule has 1 aromatic rings. The zero-order valence-corrected chi connectivity index (χ0v) is 12.0. The molecule has 0 fully saturated rings. The number of nitrogens with one attached hydrogen (secondary N) is 2. The van der Waals surface area contributed by atoms with Gasteiger partial charge >= 0.3 is 0 Å². The van der Waals surface area contributed by atoms with Crippen molar-refractivity contribution in [2.45, 2.75) is 39.2 Å². The summed E-state index contributed by atoms with van der Waals surface area (Å²) in [6, 6.07) is 7.15. The minimum atomic E-state index is -0.0506. The van der Waals surface area contributed by atoms with Gasteiger partial charge in [-0.2, -0.15) is 0 Å². The summed E-state index contributed by atoms with van der Waals surface area (Å²) in [5, 5.41) is 6.72. The van der Waals surface area contributed by atoms with Gasteiger partial charge in [0.1, 0.15) is 0 Å². The minimum absolute atomic E-state index is 0.0195. The Morgan fingerprint density at radius 3 is 2.56 bits per heavy atom. The quantitative estimate of drug-likeness (QED) is 0.830. The molecule has 0 heterocycles. The van der Waals surface area contributed by atoms with Crippen molar-refractivity contribution < 1.29 is 4.79 Å². The van der Waals surface area contributed by atoms with E-state index >= 15 is 0 Å². The van der Waals surface area contributed by atoms with Crippen molar-refractivity contribution in [3.63, 3.8) is 0 Å². The van der Waals surface area contributed by atoms with Crippen LogP contribution in [0.1, 0.15) is 33.6 Å². The van der Waals surface area contributed by atoms with Gasteiger partial charge in [-0.25, -0.2) is 0 Å². The molecule has 3 nitrogen and oxygen atoms in total. The highest BCUT2D eigenvalue weighted by Gasteiger charge is 2.19. The Labute approximate surface area is 114 Å². The summed E-state index contributed by atoms with van der Waals surface area (Å²) in [7, 11) is 0. The predicted octanol–water partition coefficient (Wildman–Crippen LogP) is 3.45. The normalized spacial score (nSPS) is 11.3. The Morgan fingerprint density at radius 1 is 1.33 bits per heavy atom. The lowest BCUT2D eigenvalue weighted by atomic mass is 9.96. The van der Waals surface area contributed by atoms with Gasteiger partial charge in [-0.1, -0.05) is 31.5 Å². The Hall–Kier alpha value is -1.06. The molecule has 0 aliphatic rings. The van der Waals surface area contributed by atoms with Crippen molar-refractivity contribution in [3.8, 4) is 0 Å². The lowest BCUT2D eigenvalue weighted by Crippen LogP contribution is -2.45. The second-order valence-corrected chi connectivity index (χ2v) is 5.12. The SMILES string of the molecule is CCC(C)(CC)NCC(=O)Nc1cccc(Cl)c1. The van der Waals surface area contributed by atoms with Crippen LogP contribution in [0.5, 0.6) is 0 Å². The molecule has 0 aromatic heterocycles. The van der Waals surface area contributed by atoms with Gasteiger partial charge in [0.2, 0.25) is 5.91 Å². The number of carbonyl (C=O) groups excluding carboxylic acids is 1. The van der Waals surface area contributed by atoms with Gasteiger partial charge in [0.05, 0.1) is 6.54 Å². The maximum absolute atomic E-state index is 11.8. The smallest absolute Gasteiger partial charge is 0.238 e. The summed E-state index contributed by atoms with van der Waals surface area (Å²) in [4.78, 5) is 11.8. The maximum Gasteiger partial charge on any atom is 0.238 e. The van der Waals surface area contributed by atoms with E-state index in [1.54, 1.807) is 12.1 Å². The molecule has 2 N–H and O–H groups in total. The first-order valence-corrected chi connectivity index (χ1v) is 6.67. The summed E-state index contributed by atoms with van der Waals surface area (Å²) in [5.74, 6) is -0.0506. The molecular weight excluding hydrogens is 248 g/mol. The van der Waals surface area contributed by atoms with Gasteiger partial charge in [-0.3, -0.25) is 4.79 Å². The average Bonchev–Trinajstić information content (AvgIpc) is 2.36. The zero-order chi connectivity index (χ0) is 13.6. The van der Waals surface area contributed by atoms with Crippen LogP contribution < -0.4 is 10.6 Å². The molecule has 0 radical (unpaired) electrons. The highest BCUT2D eigenvalue weighted by Crippen LogP contribution is 2.15. The molecule has 0 unspecified atom stereocenters. The summed E-state index contributed by atoms with van der Waals surface area (Å²) >= 11 is 5.86. The van der Waals surface area contributed by atoms with Crippen LogP contribution in [0.2, 0.25) is 5.02 Å². The van der Waals surface area contributed by atoms with E-state index in [0.29, 0.717) is 11.6 Å². The third kappa shape index (κ3) is 4.67. The van der Waals surface area contributed by atoms with Gasteiger partial charge in [-0.15, -0.1) is 0 Å². The molecular formula is C14H21ClN2O. The zero-order valence-electron chi connectivity index (χ0n) is 11.2. The monoisotopic (exact) mass is 268 g/mol. The lowest BCUT2D eigenvalue weighted by molar-refractivity contribution is -0.115. The molecule has 1 rings (SSSR count). The Bertz CT molecular complexity index is 403. The molecule has 0 bridgehead atoms. The summed E-state index contributed by atoms with van der Waals surface area (Å²) in [5.41, 5.74) is 0.745. The summed E-state index contributed by atoms with van der Waals surface area (Å²) in [6.45, 7) is 6.67. The molecule has 18 heavy (non-hydrogen) atoms. The largest absolute Gasteiger partial charge is 0.325 e. The van der Waals surface area contributed by atoms with E-state index in [9.17, 15) is 4.79 Å². The highest BCUT2D eigenvalue weighted by atomic mass is 35.5. The summed E-state index contributed by atoms with van der Waals surface area (Å²) < 4.78 is 0. The topological polar surface area (TPSA) is 41.1 Å². The van der Waals surface area contributed by atoms with Crippen LogP contribution in [-0.4, -0.2) is 18.0 Å². The van der Waals surface area contributed by atoms with Gasteiger partial charge in [0.15, 0.2) is 0 Å². The molecule has 0 saturated carbocycles. The van der Waals surface area contributed by atoms with Crippen molar-refractivity contribution in [2.24, 2.45) is 0 Å². The standard InChI is InChI=1S/C14H21ClN2O/c1-4-14(3,5-2)16-10-13(18)17-12-8-6-7-11(15)9-12/h6-9,16H,4-5,10H2,1-3H3,(H,17,18). The highest BCUT2D eigenvalue weighted by molar-refractivity contribution is 6.30. The molecule has 0 aliphatic carbocycles. The molecule has 0 atom stereocenters. The third-order valence-corrected chi connectivity index (χ3v) is 3.58. The van der Waals surface area contributed by atoms with Crippen LogP contribution in [0.3, 0.4) is 0 Å². The number of benzene rings is 1. The lowest BCUT2D eigenvalue weighted by Gasteiger charge is -2.28. The van der Waals surface area contributed by atoms with Crippen LogP contribution in [0.15, 0.2) is 24.3 Å². The number of hydrogen-bond donors (Lipinski definition) is 2. The number of amides is 1. The molecule has 4 heteroatoms. The van der Waals surface area contributed by atoms with Crippen LogP contribution in [0.25, 0.3) is 0 Å². The van der Waals surface area contributed by atoms with Crippen molar-refractivity contribution in [1.82, 2.24) is 5.32 Å². The molecule has 0 spiro atoms. The van der Waals surface area contributed by atoms with Crippen molar-refractivity contribution in [1.29, 1.82) is 0 Å². The van der Waals surface area contributed by atoms with Gasteiger partial charge in [0, 0.05) is 16.2 Å². The Morgan fingerprint density at radius 2 is 2.00 bits per heavy atom. The summed E-state index contributed by atoms with van der Waals surface area (Å²) in [6.07, 6.45) is 1.99. The van der Waals surface area contributed by atoms with E-state index < -0.39 is 0 Å². The van der Waals surface area contributed by atoms with Crippen molar-refractivity contribution >= 4 is 23.2 Å². The van der Waals surface area contributed by atoms with E-state index in [1.165, 1.54) is 0 Å². The number of halogens is 1. The average molecular weight is 269 g/mol. The number of carbonyl (C=O) groups is 1. The minimum Gasteiger partial charge on any atom is -0.325 e. The number of hydrogen-bond acceptors (Lipinski definition) is 2. The number of rotatable bonds is 6. The fraction of sp³-hybridized carbons (Fsp3) is 0.500.